The minimum atomic E-state index is -0.270. The van der Waals surface area contributed by atoms with E-state index in [1.807, 2.05) is 32.0 Å². The van der Waals surface area contributed by atoms with Gasteiger partial charge >= 0.3 is 0 Å². The molecule has 5 rings (SSSR count). The fraction of sp³-hybridized carbons (Fsp3) is 0.393. The number of nitrogens with zero attached hydrogens (tertiary/aromatic N) is 4. The first-order valence-corrected chi connectivity index (χ1v) is 13.6. The summed E-state index contributed by atoms with van der Waals surface area (Å²) in [5.74, 6) is 0.670. The lowest BCUT2D eigenvalue weighted by molar-refractivity contribution is 0.0748. The van der Waals surface area contributed by atoms with Crippen molar-refractivity contribution in [3.63, 3.8) is 0 Å². The molecule has 1 aromatic heterocycles. The fourth-order valence-electron chi connectivity index (χ4n) is 4.95. The maximum absolute atomic E-state index is 13.3. The number of rotatable bonds is 5. The summed E-state index contributed by atoms with van der Waals surface area (Å²) in [6.07, 6.45) is 3.55. The molecule has 200 valence electrons. The van der Waals surface area contributed by atoms with Gasteiger partial charge in [0.05, 0.1) is 11.8 Å². The van der Waals surface area contributed by atoms with Crippen LogP contribution >= 0.6 is 11.8 Å². The number of carbonyl (C=O) groups excluding carboxylic acids is 1. The van der Waals surface area contributed by atoms with Gasteiger partial charge in [-0.05, 0) is 60.6 Å². The number of phenolic OH excluding ortho intramolecular Hbond substituents is 2. The number of anilines is 2. The minimum absolute atomic E-state index is 0.00898. The average molecular weight is 535 g/mol. The Morgan fingerprint density at radius 3 is 2.47 bits per heavy atom. The number of hydrogen-bond acceptors (Lipinski definition) is 9. The van der Waals surface area contributed by atoms with E-state index in [9.17, 15) is 15.0 Å². The zero-order valence-corrected chi connectivity index (χ0v) is 22.8. The second-order valence-corrected chi connectivity index (χ2v) is 11.9. The summed E-state index contributed by atoms with van der Waals surface area (Å²) in [7, 11) is 0. The van der Waals surface area contributed by atoms with Crippen LogP contribution in [0, 0.1) is 0 Å². The second kappa shape index (κ2) is 9.99. The first-order chi connectivity index (χ1) is 18.0. The molecule has 1 amide bonds. The lowest BCUT2D eigenvalue weighted by atomic mass is 9.91. The number of benzene rings is 2. The van der Waals surface area contributed by atoms with Crippen LogP contribution in [0.4, 0.5) is 11.6 Å². The lowest BCUT2D eigenvalue weighted by Gasteiger charge is -2.37. The zero-order valence-electron chi connectivity index (χ0n) is 21.9. The van der Waals surface area contributed by atoms with Gasteiger partial charge in [0, 0.05) is 42.7 Å². The summed E-state index contributed by atoms with van der Waals surface area (Å²) in [4.78, 5) is 27.3. The number of carbonyl (C=O) groups is 1. The first kappa shape index (κ1) is 26.1. The number of fused-ring (bicyclic) bond motifs is 1. The highest BCUT2D eigenvalue weighted by Crippen LogP contribution is 2.37. The quantitative estimate of drug-likeness (QED) is 0.378. The predicted molar refractivity (Wildman–Crippen MR) is 148 cm³/mol. The largest absolute Gasteiger partial charge is 0.508 e. The summed E-state index contributed by atoms with van der Waals surface area (Å²) in [6, 6.07) is 8.89. The van der Waals surface area contributed by atoms with E-state index in [2.05, 4.69) is 21.8 Å². The monoisotopic (exact) mass is 534 g/mol. The minimum Gasteiger partial charge on any atom is -0.508 e. The highest BCUT2D eigenvalue weighted by atomic mass is 32.2. The van der Waals surface area contributed by atoms with Crippen molar-refractivity contribution in [2.45, 2.75) is 68.1 Å². The van der Waals surface area contributed by atoms with E-state index in [1.165, 1.54) is 17.8 Å². The molecule has 3 aromatic rings. The van der Waals surface area contributed by atoms with Crippen LogP contribution in [-0.2, 0) is 13.1 Å². The summed E-state index contributed by atoms with van der Waals surface area (Å²) in [5, 5.41) is 21.1. The van der Waals surface area contributed by atoms with Gasteiger partial charge in [-0.1, -0.05) is 31.7 Å². The van der Waals surface area contributed by atoms with Gasteiger partial charge < -0.3 is 31.5 Å². The van der Waals surface area contributed by atoms with Gasteiger partial charge in [-0.2, -0.15) is 0 Å². The summed E-state index contributed by atoms with van der Waals surface area (Å²) in [6.45, 7) is 8.47. The molecule has 0 unspecified atom stereocenters. The Hall–Kier alpha value is -3.50. The summed E-state index contributed by atoms with van der Waals surface area (Å²) < 4.78 is 0. The number of aromatic hydroxyl groups is 2. The maximum atomic E-state index is 13.3. The lowest BCUT2D eigenvalue weighted by Crippen LogP contribution is -2.48. The molecule has 10 heteroatoms. The number of nitrogen functional groups attached to an aromatic ring is 1. The van der Waals surface area contributed by atoms with Gasteiger partial charge in [-0.3, -0.25) is 4.79 Å². The SMILES string of the molecule is CC(C)c1cc(C(=O)N2Cc3ccc(Sc4ncc(N5CCC(C)(N)CC5)nc4N)cc3C2)c(O)cc1O. The standard InChI is InChI=1S/C28H34N6O3S/c1-16(2)20-11-21(23(36)12-22(20)35)27(37)34-14-17-4-5-19(10-18(17)15-34)38-26-25(29)32-24(13-31-26)33-8-6-28(3,30)7-9-33/h4-5,10-13,16,35-36H,6-9,14-15,30H2,1-3H3,(H2,29,32). The van der Waals surface area contributed by atoms with Gasteiger partial charge in [0.15, 0.2) is 5.82 Å². The molecule has 2 aliphatic rings. The summed E-state index contributed by atoms with van der Waals surface area (Å²) in [5.41, 5.74) is 15.3. The molecule has 0 aliphatic carbocycles. The van der Waals surface area contributed by atoms with Crippen LogP contribution in [0.15, 0.2) is 46.5 Å². The molecule has 0 saturated carbocycles. The smallest absolute Gasteiger partial charge is 0.258 e. The van der Waals surface area contributed by atoms with Crippen molar-refractivity contribution in [1.82, 2.24) is 14.9 Å². The number of aromatic nitrogens is 2. The molecule has 0 radical (unpaired) electrons. The van der Waals surface area contributed by atoms with Gasteiger partial charge in [-0.15, -0.1) is 0 Å². The predicted octanol–water partition coefficient (Wildman–Crippen LogP) is 4.22. The molecule has 0 spiro atoms. The highest BCUT2D eigenvalue weighted by Gasteiger charge is 2.29. The molecule has 1 fully saturated rings. The molecule has 0 atom stereocenters. The van der Waals surface area contributed by atoms with Crippen molar-refractivity contribution in [2.24, 2.45) is 5.73 Å². The van der Waals surface area contributed by atoms with Gasteiger partial charge in [0.1, 0.15) is 22.3 Å². The van der Waals surface area contributed by atoms with Crippen LogP contribution < -0.4 is 16.4 Å². The van der Waals surface area contributed by atoms with E-state index < -0.39 is 0 Å². The third kappa shape index (κ3) is 5.23. The van der Waals surface area contributed by atoms with E-state index in [1.54, 1.807) is 17.2 Å². The molecule has 3 heterocycles. The Balaban J connectivity index is 1.28. The third-order valence-electron chi connectivity index (χ3n) is 7.38. The Labute approximate surface area is 226 Å². The van der Waals surface area contributed by atoms with Crippen molar-refractivity contribution >= 4 is 29.3 Å². The Morgan fingerprint density at radius 2 is 1.79 bits per heavy atom. The van der Waals surface area contributed by atoms with Crippen LogP contribution in [0.5, 0.6) is 11.5 Å². The molecule has 1 saturated heterocycles. The van der Waals surface area contributed by atoms with Gasteiger partial charge in [-0.25, -0.2) is 9.97 Å². The zero-order chi connectivity index (χ0) is 27.2. The molecule has 2 aromatic carbocycles. The van der Waals surface area contributed by atoms with Crippen molar-refractivity contribution in [3.05, 3.63) is 58.8 Å². The Morgan fingerprint density at radius 1 is 1.08 bits per heavy atom. The van der Waals surface area contributed by atoms with E-state index in [4.69, 9.17) is 11.5 Å². The summed E-state index contributed by atoms with van der Waals surface area (Å²) >= 11 is 1.44. The van der Waals surface area contributed by atoms with Gasteiger partial charge in [0.2, 0.25) is 0 Å². The molecule has 2 aliphatic heterocycles. The van der Waals surface area contributed by atoms with E-state index in [0.717, 1.165) is 47.8 Å². The van der Waals surface area contributed by atoms with E-state index >= 15 is 0 Å². The van der Waals surface area contributed by atoms with Crippen LogP contribution in [-0.4, -0.2) is 49.6 Å². The topological polar surface area (TPSA) is 142 Å². The molecule has 6 N–H and O–H groups in total. The maximum Gasteiger partial charge on any atom is 0.258 e. The van der Waals surface area contributed by atoms with Crippen LogP contribution in [0.1, 0.15) is 66.6 Å². The number of hydrogen-bond donors (Lipinski definition) is 4. The van der Waals surface area contributed by atoms with Crippen molar-refractivity contribution in [2.75, 3.05) is 23.7 Å². The highest BCUT2D eigenvalue weighted by molar-refractivity contribution is 7.99. The molecular weight excluding hydrogens is 500 g/mol. The van der Waals surface area contributed by atoms with Crippen molar-refractivity contribution in [3.8, 4) is 11.5 Å². The number of amides is 1. The Bertz CT molecular complexity index is 1380. The average Bonchev–Trinajstić information content (AvgIpc) is 3.28. The van der Waals surface area contributed by atoms with Crippen LogP contribution in [0.3, 0.4) is 0 Å². The second-order valence-electron chi connectivity index (χ2n) is 10.8. The molecular formula is C28H34N6O3S. The van der Waals surface area contributed by atoms with Crippen LogP contribution in [0.2, 0.25) is 0 Å². The first-order valence-electron chi connectivity index (χ1n) is 12.8. The molecule has 38 heavy (non-hydrogen) atoms. The number of nitrogens with two attached hydrogens (primary N) is 2. The van der Waals surface area contributed by atoms with Gasteiger partial charge in [0.25, 0.3) is 5.91 Å². The number of phenols is 2. The number of piperidine rings is 1. The molecule has 0 bridgehead atoms. The fourth-order valence-corrected chi connectivity index (χ4v) is 5.76. The van der Waals surface area contributed by atoms with Crippen molar-refractivity contribution < 1.29 is 15.0 Å². The van der Waals surface area contributed by atoms with E-state index in [0.29, 0.717) is 29.5 Å². The molecule has 9 nitrogen and oxygen atoms in total. The van der Waals surface area contributed by atoms with Crippen LogP contribution in [0.25, 0.3) is 0 Å². The Kier molecular flexibility index (Phi) is 6.87. The third-order valence-corrected chi connectivity index (χ3v) is 8.38. The van der Waals surface area contributed by atoms with E-state index in [-0.39, 0.29) is 34.4 Å². The normalized spacial score (nSPS) is 16.7. The van der Waals surface area contributed by atoms with Crippen molar-refractivity contribution in [1.29, 1.82) is 0 Å².